The number of carbonyl (C=O) groups excluding carboxylic acids is 1. The summed E-state index contributed by atoms with van der Waals surface area (Å²) in [5.74, 6) is -0.268. The second-order valence-corrected chi connectivity index (χ2v) is 3.71. The zero-order valence-corrected chi connectivity index (χ0v) is 9.67. The van der Waals surface area contributed by atoms with Crippen molar-refractivity contribution in [3.63, 3.8) is 0 Å². The lowest BCUT2D eigenvalue weighted by molar-refractivity contribution is -0.145. The van der Waals surface area contributed by atoms with E-state index in [-0.39, 0.29) is 5.97 Å². The van der Waals surface area contributed by atoms with Crippen LogP contribution in [0, 0.1) is 0 Å². The highest BCUT2D eigenvalue weighted by molar-refractivity contribution is 5.69. The van der Waals surface area contributed by atoms with Gasteiger partial charge in [0.25, 0.3) is 0 Å². The first-order chi connectivity index (χ1) is 8.29. The van der Waals surface area contributed by atoms with E-state index in [0.717, 1.165) is 17.5 Å². The Morgan fingerprint density at radius 1 is 1.29 bits per heavy atom. The molecule has 0 atom stereocenters. The van der Waals surface area contributed by atoms with Crippen molar-refractivity contribution in [3.05, 3.63) is 42.7 Å². The lowest BCUT2D eigenvalue weighted by atomic mass is 10.1. The number of nitrogens with zero attached hydrogens (tertiary/aromatic N) is 2. The van der Waals surface area contributed by atoms with Crippen molar-refractivity contribution >= 4 is 5.97 Å². The largest absolute Gasteiger partial charge is 0.334 e. The summed E-state index contributed by atoms with van der Waals surface area (Å²) in [6, 6.07) is 9.82. The number of aromatic nitrogens is 2. The van der Waals surface area contributed by atoms with Gasteiger partial charge in [0.05, 0.1) is 12.4 Å². The number of hydrogen-bond donors (Lipinski definition) is 0. The SMILES string of the molecule is CCCC(=O)On1cc(-c2ccccc2)cn1. The second-order valence-electron chi connectivity index (χ2n) is 3.71. The monoisotopic (exact) mass is 230 g/mol. The smallest absolute Gasteiger partial charge is 0.319 e. The summed E-state index contributed by atoms with van der Waals surface area (Å²) in [4.78, 5) is 17.5. The maximum Gasteiger partial charge on any atom is 0.334 e. The molecular weight excluding hydrogens is 216 g/mol. The number of benzene rings is 1. The molecule has 4 heteroatoms. The molecule has 0 saturated carbocycles. The molecule has 0 spiro atoms. The fourth-order valence-electron chi connectivity index (χ4n) is 1.49. The van der Waals surface area contributed by atoms with Crippen LogP contribution in [0.15, 0.2) is 42.7 Å². The van der Waals surface area contributed by atoms with E-state index >= 15 is 0 Å². The number of hydrogen-bond acceptors (Lipinski definition) is 3. The molecule has 0 aliphatic carbocycles. The zero-order chi connectivity index (χ0) is 12.1. The molecule has 0 aliphatic heterocycles. The van der Waals surface area contributed by atoms with Crippen molar-refractivity contribution in [2.45, 2.75) is 19.8 Å². The molecule has 1 heterocycles. The Labute approximate surface area is 99.8 Å². The molecule has 1 aromatic heterocycles. The Kier molecular flexibility index (Phi) is 3.55. The van der Waals surface area contributed by atoms with Crippen LogP contribution in [0.1, 0.15) is 19.8 Å². The maximum atomic E-state index is 11.3. The molecule has 0 unspecified atom stereocenters. The van der Waals surface area contributed by atoms with Gasteiger partial charge in [-0.1, -0.05) is 42.1 Å². The molecule has 0 radical (unpaired) electrons. The van der Waals surface area contributed by atoms with Crippen molar-refractivity contribution < 1.29 is 9.63 Å². The van der Waals surface area contributed by atoms with Gasteiger partial charge >= 0.3 is 5.97 Å². The molecule has 0 bridgehead atoms. The minimum atomic E-state index is -0.268. The van der Waals surface area contributed by atoms with Crippen LogP contribution in [0.4, 0.5) is 0 Å². The van der Waals surface area contributed by atoms with Crippen LogP contribution in [-0.2, 0) is 4.79 Å². The average molecular weight is 230 g/mol. The summed E-state index contributed by atoms with van der Waals surface area (Å²) >= 11 is 0. The quantitative estimate of drug-likeness (QED) is 0.809. The number of carbonyl (C=O) groups is 1. The summed E-state index contributed by atoms with van der Waals surface area (Å²) in [6.07, 6.45) is 4.55. The minimum absolute atomic E-state index is 0.268. The minimum Gasteiger partial charge on any atom is -0.319 e. The van der Waals surface area contributed by atoms with Crippen LogP contribution in [-0.4, -0.2) is 15.9 Å². The summed E-state index contributed by atoms with van der Waals surface area (Å²) in [7, 11) is 0. The van der Waals surface area contributed by atoms with Gasteiger partial charge in [0, 0.05) is 12.0 Å². The van der Waals surface area contributed by atoms with Gasteiger partial charge in [-0.3, -0.25) is 0 Å². The summed E-state index contributed by atoms with van der Waals surface area (Å²) in [5, 5.41) is 3.99. The van der Waals surface area contributed by atoms with Crippen LogP contribution in [0.3, 0.4) is 0 Å². The van der Waals surface area contributed by atoms with E-state index in [0.29, 0.717) is 6.42 Å². The molecule has 88 valence electrons. The van der Waals surface area contributed by atoms with Crippen molar-refractivity contribution in [3.8, 4) is 11.1 Å². The van der Waals surface area contributed by atoms with Crippen molar-refractivity contribution in [1.82, 2.24) is 9.94 Å². The van der Waals surface area contributed by atoms with E-state index in [1.165, 1.54) is 4.85 Å². The first-order valence-corrected chi connectivity index (χ1v) is 5.61. The lowest BCUT2D eigenvalue weighted by Gasteiger charge is -2.00. The molecule has 4 nitrogen and oxygen atoms in total. The third-order valence-corrected chi connectivity index (χ3v) is 2.32. The Morgan fingerprint density at radius 2 is 2.06 bits per heavy atom. The first-order valence-electron chi connectivity index (χ1n) is 5.61. The molecule has 0 saturated heterocycles. The predicted molar refractivity (Wildman–Crippen MR) is 64.2 cm³/mol. The van der Waals surface area contributed by atoms with Crippen LogP contribution in [0.2, 0.25) is 0 Å². The molecule has 0 amide bonds. The molecule has 0 aliphatic rings. The summed E-state index contributed by atoms with van der Waals surface area (Å²) in [5.41, 5.74) is 1.97. The van der Waals surface area contributed by atoms with E-state index in [1.807, 2.05) is 37.3 Å². The van der Waals surface area contributed by atoms with E-state index in [4.69, 9.17) is 4.84 Å². The molecule has 1 aromatic carbocycles. The fraction of sp³-hybridized carbons (Fsp3) is 0.231. The van der Waals surface area contributed by atoms with Crippen LogP contribution >= 0.6 is 0 Å². The molecule has 0 N–H and O–H groups in total. The van der Waals surface area contributed by atoms with Gasteiger partial charge in [0.15, 0.2) is 0 Å². The average Bonchev–Trinajstić information content (AvgIpc) is 2.79. The van der Waals surface area contributed by atoms with E-state index < -0.39 is 0 Å². The predicted octanol–water partition coefficient (Wildman–Crippen LogP) is 2.31. The number of rotatable bonds is 4. The lowest BCUT2D eigenvalue weighted by Crippen LogP contribution is -2.19. The molecule has 2 rings (SSSR count). The first kappa shape index (κ1) is 11.4. The standard InChI is InChI=1S/C13H14N2O2/c1-2-6-13(16)17-15-10-12(9-14-15)11-7-4-3-5-8-11/h3-5,7-10H,2,6H2,1H3. The highest BCUT2D eigenvalue weighted by Crippen LogP contribution is 2.16. The molecule has 17 heavy (non-hydrogen) atoms. The Hall–Kier alpha value is -2.10. The van der Waals surface area contributed by atoms with E-state index in [1.54, 1.807) is 12.4 Å². The zero-order valence-electron chi connectivity index (χ0n) is 9.67. The molecule has 2 aromatic rings. The van der Waals surface area contributed by atoms with Crippen LogP contribution in [0.25, 0.3) is 11.1 Å². The van der Waals surface area contributed by atoms with E-state index in [9.17, 15) is 4.79 Å². The Balaban J connectivity index is 2.09. The second kappa shape index (κ2) is 5.30. The van der Waals surface area contributed by atoms with Gasteiger partial charge in [-0.25, -0.2) is 4.79 Å². The van der Waals surface area contributed by atoms with Gasteiger partial charge in [0.1, 0.15) is 0 Å². The Bertz CT molecular complexity index is 491. The van der Waals surface area contributed by atoms with Gasteiger partial charge < -0.3 is 4.84 Å². The van der Waals surface area contributed by atoms with Crippen molar-refractivity contribution in [2.24, 2.45) is 0 Å². The van der Waals surface area contributed by atoms with Gasteiger partial charge in [-0.05, 0) is 12.0 Å². The third-order valence-electron chi connectivity index (χ3n) is 2.32. The van der Waals surface area contributed by atoms with Gasteiger partial charge in [-0.15, -0.1) is 5.10 Å². The van der Waals surface area contributed by atoms with Crippen molar-refractivity contribution in [2.75, 3.05) is 0 Å². The molecular formula is C13H14N2O2. The van der Waals surface area contributed by atoms with Crippen LogP contribution in [0.5, 0.6) is 0 Å². The topological polar surface area (TPSA) is 44.1 Å². The van der Waals surface area contributed by atoms with Crippen molar-refractivity contribution in [1.29, 1.82) is 0 Å². The van der Waals surface area contributed by atoms with E-state index in [2.05, 4.69) is 5.10 Å². The summed E-state index contributed by atoms with van der Waals surface area (Å²) in [6.45, 7) is 1.93. The third kappa shape index (κ3) is 2.93. The highest BCUT2D eigenvalue weighted by atomic mass is 16.7. The fourth-order valence-corrected chi connectivity index (χ4v) is 1.49. The molecule has 0 fully saturated rings. The summed E-state index contributed by atoms with van der Waals surface area (Å²) < 4.78 is 0. The Morgan fingerprint density at radius 3 is 2.76 bits per heavy atom. The van der Waals surface area contributed by atoms with Crippen LogP contribution < -0.4 is 4.84 Å². The maximum absolute atomic E-state index is 11.3. The normalized spacial score (nSPS) is 10.2. The van der Waals surface area contributed by atoms with Gasteiger partial charge in [0.2, 0.25) is 0 Å². The highest BCUT2D eigenvalue weighted by Gasteiger charge is 2.05. The van der Waals surface area contributed by atoms with Gasteiger partial charge in [-0.2, -0.15) is 0 Å².